The minimum absolute atomic E-state index is 0.0314. The normalized spacial score (nSPS) is 19.5. The number of likely N-dealkylation sites (tertiary alicyclic amines) is 1. The molecule has 4 rings (SSSR count). The number of hydrogen-bond donors (Lipinski definition) is 3. The summed E-state index contributed by atoms with van der Waals surface area (Å²) in [5.74, 6) is -0.449. The van der Waals surface area contributed by atoms with Crippen LogP contribution in [0.15, 0.2) is 36.5 Å². The maximum Gasteiger partial charge on any atom is 0.271 e. The number of likely N-dealkylation sites (N-methyl/N-ethyl adjacent to an activating group) is 1. The average Bonchev–Trinajstić information content (AvgIpc) is 3.61. The van der Waals surface area contributed by atoms with Crippen LogP contribution in [0.2, 0.25) is 0 Å². The van der Waals surface area contributed by atoms with Crippen molar-refractivity contribution in [1.29, 1.82) is 0 Å². The molecule has 1 aliphatic heterocycles. The fourth-order valence-corrected chi connectivity index (χ4v) is 5.29. The summed E-state index contributed by atoms with van der Waals surface area (Å²) in [6.07, 6.45) is 7.52. The molecule has 1 aromatic heterocycles. The van der Waals surface area contributed by atoms with Crippen LogP contribution >= 0.6 is 0 Å². The largest absolute Gasteiger partial charge is 0.343 e. The summed E-state index contributed by atoms with van der Waals surface area (Å²) in [5.41, 5.74) is 0.337. The van der Waals surface area contributed by atoms with E-state index >= 15 is 0 Å². The molecule has 1 saturated carbocycles. The standard InChI is InChI=1S/C26H35N7O5/c1-17(27-2)24(34)30-23(18-8-4-3-5-9-18)26(36)31-15-7-12-21(31)25(35)29-22-13-14-28-32(22)19-10-6-11-20(16-19)33(37)38/h6,10-11,13-14,16-18,21,23,27H,3-5,7-9,12,15H2,1-2H3,(H,29,35)(H,30,34)/t17-,21-,23-/m0/s1. The van der Waals surface area contributed by atoms with Crippen molar-refractivity contribution in [3.63, 3.8) is 0 Å². The van der Waals surface area contributed by atoms with Gasteiger partial charge in [-0.15, -0.1) is 0 Å². The van der Waals surface area contributed by atoms with E-state index in [2.05, 4.69) is 21.0 Å². The number of nitrogens with one attached hydrogen (secondary N) is 3. The third-order valence-electron chi connectivity index (χ3n) is 7.53. The molecule has 3 atom stereocenters. The van der Waals surface area contributed by atoms with Gasteiger partial charge in [-0.25, -0.2) is 4.68 Å². The molecular weight excluding hydrogens is 490 g/mol. The Balaban J connectivity index is 1.51. The van der Waals surface area contributed by atoms with E-state index in [1.807, 2.05) is 0 Å². The van der Waals surface area contributed by atoms with Crippen LogP contribution in [-0.4, -0.2) is 69.0 Å². The molecule has 204 valence electrons. The highest BCUT2D eigenvalue weighted by atomic mass is 16.6. The molecule has 0 bridgehead atoms. The first-order valence-corrected chi connectivity index (χ1v) is 13.2. The number of nitrogens with zero attached hydrogens (tertiary/aromatic N) is 4. The van der Waals surface area contributed by atoms with Crippen LogP contribution in [0.3, 0.4) is 0 Å². The Morgan fingerprint density at radius 2 is 1.87 bits per heavy atom. The minimum Gasteiger partial charge on any atom is -0.343 e. The molecule has 1 saturated heterocycles. The molecule has 3 amide bonds. The molecule has 2 heterocycles. The van der Waals surface area contributed by atoms with Gasteiger partial charge in [0.25, 0.3) is 5.69 Å². The van der Waals surface area contributed by atoms with Crippen molar-refractivity contribution < 1.29 is 19.3 Å². The number of nitro groups is 1. The van der Waals surface area contributed by atoms with E-state index in [0.29, 0.717) is 30.9 Å². The maximum absolute atomic E-state index is 13.8. The van der Waals surface area contributed by atoms with E-state index in [9.17, 15) is 24.5 Å². The van der Waals surface area contributed by atoms with Crippen molar-refractivity contribution in [2.75, 3.05) is 18.9 Å². The van der Waals surface area contributed by atoms with Crippen LogP contribution < -0.4 is 16.0 Å². The lowest BCUT2D eigenvalue weighted by molar-refractivity contribution is -0.384. The van der Waals surface area contributed by atoms with Gasteiger partial charge < -0.3 is 20.9 Å². The fraction of sp³-hybridized carbons (Fsp3) is 0.538. The van der Waals surface area contributed by atoms with E-state index in [1.165, 1.54) is 23.0 Å². The molecule has 12 heteroatoms. The van der Waals surface area contributed by atoms with Gasteiger partial charge in [-0.2, -0.15) is 5.10 Å². The van der Waals surface area contributed by atoms with Crippen molar-refractivity contribution in [2.24, 2.45) is 5.92 Å². The zero-order valence-corrected chi connectivity index (χ0v) is 21.8. The van der Waals surface area contributed by atoms with E-state index in [1.54, 1.807) is 37.1 Å². The Morgan fingerprint density at radius 3 is 2.58 bits per heavy atom. The second-order valence-corrected chi connectivity index (χ2v) is 9.98. The second kappa shape index (κ2) is 12.2. The smallest absolute Gasteiger partial charge is 0.271 e. The third kappa shape index (κ3) is 6.01. The monoisotopic (exact) mass is 525 g/mol. The van der Waals surface area contributed by atoms with Crippen LogP contribution in [-0.2, 0) is 14.4 Å². The summed E-state index contributed by atoms with van der Waals surface area (Å²) >= 11 is 0. The van der Waals surface area contributed by atoms with Crippen molar-refractivity contribution in [2.45, 2.75) is 70.0 Å². The van der Waals surface area contributed by atoms with Gasteiger partial charge in [-0.05, 0) is 51.6 Å². The van der Waals surface area contributed by atoms with Crippen LogP contribution in [0, 0.1) is 16.0 Å². The lowest BCUT2D eigenvalue weighted by atomic mass is 9.83. The molecule has 12 nitrogen and oxygen atoms in total. The number of hydrogen-bond acceptors (Lipinski definition) is 7. The van der Waals surface area contributed by atoms with Crippen LogP contribution in [0.4, 0.5) is 11.5 Å². The lowest BCUT2D eigenvalue weighted by Gasteiger charge is -2.35. The molecule has 2 fully saturated rings. The van der Waals surface area contributed by atoms with E-state index in [0.717, 1.165) is 32.1 Å². The predicted molar refractivity (Wildman–Crippen MR) is 141 cm³/mol. The lowest BCUT2D eigenvalue weighted by Crippen LogP contribution is -2.57. The van der Waals surface area contributed by atoms with E-state index in [4.69, 9.17) is 0 Å². The highest BCUT2D eigenvalue weighted by Gasteiger charge is 2.41. The summed E-state index contributed by atoms with van der Waals surface area (Å²) in [4.78, 5) is 52.3. The minimum atomic E-state index is -0.694. The number of carbonyl (C=O) groups excluding carboxylic acids is 3. The Bertz CT molecular complexity index is 1180. The number of aromatic nitrogens is 2. The van der Waals surface area contributed by atoms with Gasteiger partial charge in [0.05, 0.1) is 22.8 Å². The van der Waals surface area contributed by atoms with Crippen molar-refractivity contribution in [1.82, 2.24) is 25.3 Å². The number of rotatable bonds is 9. The SMILES string of the molecule is CN[C@@H](C)C(=O)N[C@H](C(=O)N1CCC[C@H]1C(=O)Nc1ccnn1-c1cccc([N+](=O)[O-])c1)C1CCCCC1. The first kappa shape index (κ1) is 27.2. The number of carbonyl (C=O) groups is 3. The van der Waals surface area contributed by atoms with Crippen molar-refractivity contribution >= 4 is 29.2 Å². The molecule has 1 aliphatic carbocycles. The number of anilines is 1. The number of non-ortho nitro benzene ring substituents is 1. The first-order valence-electron chi connectivity index (χ1n) is 13.2. The van der Waals surface area contributed by atoms with E-state index < -0.39 is 23.0 Å². The zero-order chi connectivity index (χ0) is 27.2. The summed E-state index contributed by atoms with van der Waals surface area (Å²) in [6, 6.07) is 5.74. The van der Waals surface area contributed by atoms with Crippen LogP contribution in [0.5, 0.6) is 0 Å². The van der Waals surface area contributed by atoms with Gasteiger partial charge in [0.1, 0.15) is 17.9 Å². The number of amides is 3. The fourth-order valence-electron chi connectivity index (χ4n) is 5.29. The van der Waals surface area contributed by atoms with Gasteiger partial charge in [0.15, 0.2) is 0 Å². The molecule has 0 spiro atoms. The summed E-state index contributed by atoms with van der Waals surface area (Å²) in [7, 11) is 1.70. The first-order chi connectivity index (χ1) is 18.3. The summed E-state index contributed by atoms with van der Waals surface area (Å²) in [5, 5.41) is 24.1. The predicted octanol–water partition coefficient (Wildman–Crippen LogP) is 2.38. The zero-order valence-electron chi connectivity index (χ0n) is 21.8. The molecule has 2 aliphatic rings. The molecular formula is C26H35N7O5. The second-order valence-electron chi connectivity index (χ2n) is 9.98. The van der Waals surface area contributed by atoms with E-state index in [-0.39, 0.29) is 29.3 Å². The Hall–Kier alpha value is -3.80. The number of benzene rings is 1. The molecule has 2 aromatic rings. The van der Waals surface area contributed by atoms with Gasteiger partial charge in [0.2, 0.25) is 17.7 Å². The van der Waals surface area contributed by atoms with Crippen LogP contribution in [0.1, 0.15) is 51.9 Å². The maximum atomic E-state index is 13.8. The van der Waals surface area contributed by atoms with Crippen LogP contribution in [0.25, 0.3) is 5.69 Å². The summed E-state index contributed by atoms with van der Waals surface area (Å²) < 4.78 is 1.41. The highest BCUT2D eigenvalue weighted by Crippen LogP contribution is 2.30. The molecule has 3 N–H and O–H groups in total. The Kier molecular flexibility index (Phi) is 8.72. The topological polar surface area (TPSA) is 152 Å². The molecule has 0 unspecified atom stereocenters. The third-order valence-corrected chi connectivity index (χ3v) is 7.53. The van der Waals surface area contributed by atoms with Crippen molar-refractivity contribution in [3.8, 4) is 5.69 Å². The van der Waals surface area contributed by atoms with Gasteiger partial charge in [0, 0.05) is 24.7 Å². The highest BCUT2D eigenvalue weighted by molar-refractivity contribution is 5.98. The summed E-state index contributed by atoms with van der Waals surface area (Å²) in [6.45, 7) is 2.18. The quantitative estimate of drug-likeness (QED) is 0.336. The van der Waals surface area contributed by atoms with Crippen molar-refractivity contribution in [3.05, 3.63) is 46.6 Å². The molecule has 1 aromatic carbocycles. The Labute approximate surface area is 221 Å². The molecule has 0 radical (unpaired) electrons. The van der Waals surface area contributed by atoms with Gasteiger partial charge in [-0.1, -0.05) is 25.3 Å². The Morgan fingerprint density at radius 1 is 1.11 bits per heavy atom. The molecule has 38 heavy (non-hydrogen) atoms. The van der Waals surface area contributed by atoms with Gasteiger partial charge >= 0.3 is 0 Å². The van der Waals surface area contributed by atoms with Gasteiger partial charge in [-0.3, -0.25) is 24.5 Å². The number of nitro benzene ring substituents is 1. The average molecular weight is 526 g/mol.